The second-order valence-electron chi connectivity index (χ2n) is 10.0. The van der Waals surface area contributed by atoms with Crippen molar-refractivity contribution in [2.45, 2.75) is 39.2 Å². The Morgan fingerprint density at radius 1 is 0.787 bits per heavy atom. The Bertz CT molecular complexity index is 1630. The molecule has 0 aliphatic heterocycles. The van der Waals surface area contributed by atoms with E-state index in [1.165, 1.54) is 13.2 Å². The van der Waals surface area contributed by atoms with Crippen molar-refractivity contribution in [2.24, 2.45) is 0 Å². The average Bonchev–Trinajstić information content (AvgIpc) is 3.02. The number of nitro groups is 3. The molecule has 3 rings (SSSR count). The SMILES string of the molecule is CCO[Si](CCCNC(=O)Oc1ccc([N+](=O)[O-])cc1Cc1cc([N+](=O)[O-])cc(Cc2cc([N+](=O)[O-])ccc2O)c1O)(OC)OCC. The Labute approximate surface area is 269 Å². The lowest BCUT2D eigenvalue weighted by atomic mass is 9.95. The van der Waals surface area contributed by atoms with Gasteiger partial charge in [0.15, 0.2) is 0 Å². The van der Waals surface area contributed by atoms with Crippen LogP contribution >= 0.6 is 0 Å². The number of carbonyl (C=O) groups is 1. The van der Waals surface area contributed by atoms with E-state index in [0.717, 1.165) is 42.5 Å². The molecule has 0 aliphatic carbocycles. The summed E-state index contributed by atoms with van der Waals surface area (Å²) < 4.78 is 22.4. The third-order valence-electron chi connectivity index (χ3n) is 6.93. The van der Waals surface area contributed by atoms with Crippen molar-refractivity contribution in [2.75, 3.05) is 26.9 Å². The molecule has 0 saturated heterocycles. The highest BCUT2D eigenvalue weighted by Crippen LogP contribution is 2.36. The topological polar surface area (TPSA) is 236 Å². The largest absolute Gasteiger partial charge is 0.508 e. The summed E-state index contributed by atoms with van der Waals surface area (Å²) in [7, 11) is -1.42. The molecule has 18 heteroatoms. The molecular formula is C29H34N4O13Si. The minimum atomic E-state index is -2.92. The van der Waals surface area contributed by atoms with Crippen LogP contribution in [0.25, 0.3) is 0 Å². The molecule has 0 bridgehead atoms. The number of non-ortho nitro benzene ring substituents is 3. The lowest BCUT2D eigenvalue weighted by Crippen LogP contribution is -2.45. The van der Waals surface area contributed by atoms with Crippen LogP contribution in [-0.4, -0.2) is 66.7 Å². The number of ether oxygens (including phenoxy) is 1. The van der Waals surface area contributed by atoms with Crippen LogP contribution in [0.2, 0.25) is 6.04 Å². The molecule has 0 aliphatic rings. The van der Waals surface area contributed by atoms with Crippen molar-refractivity contribution < 1.29 is 47.8 Å². The Morgan fingerprint density at radius 3 is 1.83 bits per heavy atom. The summed E-state index contributed by atoms with van der Waals surface area (Å²) in [6.07, 6.45) is -1.14. The van der Waals surface area contributed by atoms with E-state index in [2.05, 4.69) is 5.32 Å². The Balaban J connectivity index is 1.88. The van der Waals surface area contributed by atoms with E-state index in [4.69, 9.17) is 18.0 Å². The van der Waals surface area contributed by atoms with E-state index in [9.17, 15) is 45.4 Å². The lowest BCUT2D eigenvalue weighted by molar-refractivity contribution is -0.385. The van der Waals surface area contributed by atoms with E-state index in [1.807, 2.05) is 13.8 Å². The van der Waals surface area contributed by atoms with Gasteiger partial charge in [0.05, 0.1) is 14.8 Å². The summed E-state index contributed by atoms with van der Waals surface area (Å²) in [4.78, 5) is 45.1. The molecule has 252 valence electrons. The van der Waals surface area contributed by atoms with Crippen LogP contribution < -0.4 is 10.1 Å². The zero-order valence-electron chi connectivity index (χ0n) is 25.8. The minimum absolute atomic E-state index is 0.0184. The van der Waals surface area contributed by atoms with Gasteiger partial charge in [-0.15, -0.1) is 0 Å². The van der Waals surface area contributed by atoms with Crippen LogP contribution in [0.4, 0.5) is 21.9 Å². The molecule has 0 heterocycles. The first kappa shape index (κ1) is 36.3. The Kier molecular flexibility index (Phi) is 12.7. The standard InChI is InChI=1S/C29H34N4O13Si/c1-4-44-47(43-3,45-5-2)12-6-11-30-29(36)46-27-10-8-24(32(39)40)16-20(27)14-22-18-25(33(41)42)17-21(28(22)35)13-19-15-23(31(37)38)7-9-26(19)34/h7-10,15-18,34-35H,4-6,11-14H2,1-3H3,(H,30,36). The van der Waals surface area contributed by atoms with Crippen molar-refractivity contribution >= 4 is 32.0 Å². The molecule has 0 unspecified atom stereocenters. The smallest absolute Gasteiger partial charge is 0.500 e. The first-order valence-electron chi connectivity index (χ1n) is 14.3. The third-order valence-corrected chi connectivity index (χ3v) is 9.97. The average molecular weight is 675 g/mol. The number of carbonyl (C=O) groups excluding carboxylic acids is 1. The van der Waals surface area contributed by atoms with Crippen LogP contribution in [0.3, 0.4) is 0 Å². The normalized spacial score (nSPS) is 11.2. The van der Waals surface area contributed by atoms with E-state index >= 15 is 0 Å². The van der Waals surface area contributed by atoms with Gasteiger partial charge in [0.1, 0.15) is 17.2 Å². The zero-order valence-corrected chi connectivity index (χ0v) is 26.8. The molecule has 1 amide bonds. The quantitative estimate of drug-likeness (QED) is 0.0728. The van der Waals surface area contributed by atoms with E-state index in [-0.39, 0.29) is 64.5 Å². The summed E-state index contributed by atoms with van der Waals surface area (Å²) >= 11 is 0. The summed E-state index contributed by atoms with van der Waals surface area (Å²) in [6, 6.07) is 9.17. The second kappa shape index (κ2) is 16.4. The predicted molar refractivity (Wildman–Crippen MR) is 168 cm³/mol. The van der Waals surface area contributed by atoms with Crippen molar-refractivity contribution in [1.82, 2.24) is 5.32 Å². The van der Waals surface area contributed by atoms with E-state index < -0.39 is 41.1 Å². The van der Waals surface area contributed by atoms with Crippen LogP contribution in [0.15, 0.2) is 48.5 Å². The van der Waals surface area contributed by atoms with Gasteiger partial charge in [-0.3, -0.25) is 30.3 Å². The summed E-state index contributed by atoms with van der Waals surface area (Å²) in [6.45, 7) is 4.55. The number of rotatable bonds is 17. The number of nitrogens with one attached hydrogen (secondary N) is 1. The van der Waals surface area contributed by atoms with Crippen LogP contribution in [-0.2, 0) is 26.1 Å². The van der Waals surface area contributed by atoms with Crippen molar-refractivity contribution in [3.63, 3.8) is 0 Å². The second-order valence-corrected chi connectivity index (χ2v) is 12.9. The van der Waals surface area contributed by atoms with Gasteiger partial charge in [-0.25, -0.2) is 4.79 Å². The first-order chi connectivity index (χ1) is 22.3. The van der Waals surface area contributed by atoms with Crippen LogP contribution in [0.5, 0.6) is 17.2 Å². The monoisotopic (exact) mass is 674 g/mol. The summed E-state index contributed by atoms with van der Waals surface area (Å²) in [5.74, 6) is -0.909. The maximum Gasteiger partial charge on any atom is 0.500 e. The van der Waals surface area contributed by atoms with Crippen LogP contribution in [0, 0.1) is 30.3 Å². The molecule has 3 aromatic carbocycles. The fraction of sp³-hybridized carbons (Fsp3) is 0.345. The van der Waals surface area contributed by atoms with Crippen LogP contribution in [0.1, 0.15) is 42.5 Å². The molecule has 0 fully saturated rings. The maximum atomic E-state index is 12.7. The number of hydrogen-bond donors (Lipinski definition) is 3. The van der Waals surface area contributed by atoms with Gasteiger partial charge in [0, 0.05) is 104 Å². The number of nitrogens with zero attached hydrogens (tertiary/aromatic N) is 3. The molecule has 0 spiro atoms. The highest BCUT2D eigenvalue weighted by molar-refractivity contribution is 6.60. The molecule has 0 radical (unpaired) electrons. The maximum absolute atomic E-state index is 12.7. The van der Waals surface area contributed by atoms with Crippen molar-refractivity contribution in [1.29, 1.82) is 0 Å². The number of benzene rings is 3. The van der Waals surface area contributed by atoms with Gasteiger partial charge >= 0.3 is 14.9 Å². The lowest BCUT2D eigenvalue weighted by Gasteiger charge is -2.27. The highest BCUT2D eigenvalue weighted by Gasteiger charge is 2.38. The van der Waals surface area contributed by atoms with E-state index in [0.29, 0.717) is 25.7 Å². The van der Waals surface area contributed by atoms with Crippen molar-refractivity contribution in [3.05, 3.63) is 101 Å². The summed E-state index contributed by atoms with van der Waals surface area (Å²) in [5.41, 5.74) is -1.21. The Morgan fingerprint density at radius 2 is 1.30 bits per heavy atom. The molecule has 3 N–H and O–H groups in total. The molecule has 0 atom stereocenters. The number of amides is 1. The number of hydrogen-bond acceptors (Lipinski definition) is 13. The van der Waals surface area contributed by atoms with Gasteiger partial charge in [0.25, 0.3) is 17.1 Å². The zero-order chi connectivity index (χ0) is 34.7. The molecule has 0 saturated carbocycles. The molecule has 3 aromatic rings. The molecule has 0 aromatic heterocycles. The number of nitro benzene ring substituents is 3. The minimum Gasteiger partial charge on any atom is -0.508 e. The fourth-order valence-electron chi connectivity index (χ4n) is 4.75. The van der Waals surface area contributed by atoms with Gasteiger partial charge in [0.2, 0.25) is 0 Å². The predicted octanol–water partition coefficient (Wildman–Crippen LogP) is 5.14. The summed E-state index contributed by atoms with van der Waals surface area (Å²) in [5, 5.41) is 58.5. The number of phenols is 2. The Hall–Kier alpha value is -5.17. The third kappa shape index (κ3) is 9.66. The van der Waals surface area contributed by atoms with E-state index in [1.54, 1.807) is 0 Å². The fourth-order valence-corrected chi connectivity index (χ4v) is 7.05. The molecule has 47 heavy (non-hydrogen) atoms. The van der Waals surface area contributed by atoms with Crippen molar-refractivity contribution in [3.8, 4) is 17.2 Å². The molecule has 17 nitrogen and oxygen atoms in total. The first-order valence-corrected chi connectivity index (χ1v) is 16.3. The molecular weight excluding hydrogens is 640 g/mol. The van der Waals surface area contributed by atoms with Gasteiger partial charge in [-0.05, 0) is 32.4 Å². The highest BCUT2D eigenvalue weighted by atomic mass is 28.4. The number of phenolic OH excluding ortho intramolecular Hbond substituents is 2. The van der Waals surface area contributed by atoms with Gasteiger partial charge < -0.3 is 33.5 Å². The number of aromatic hydroxyl groups is 2. The van der Waals surface area contributed by atoms with Gasteiger partial charge in [-0.2, -0.15) is 0 Å². The van der Waals surface area contributed by atoms with Gasteiger partial charge in [-0.1, -0.05) is 0 Å².